The topological polar surface area (TPSA) is 21.3 Å². The summed E-state index contributed by atoms with van der Waals surface area (Å²) in [6, 6.07) is 0.446. The Bertz CT molecular complexity index is 197. The van der Waals surface area contributed by atoms with E-state index in [0.29, 0.717) is 12.1 Å². The highest BCUT2D eigenvalue weighted by atomic mass is 16.5. The van der Waals surface area contributed by atoms with Gasteiger partial charge in [0.05, 0.1) is 12.7 Å². The summed E-state index contributed by atoms with van der Waals surface area (Å²) < 4.78 is 6.11. The van der Waals surface area contributed by atoms with Gasteiger partial charge in [-0.25, -0.2) is 0 Å². The van der Waals surface area contributed by atoms with E-state index in [1.807, 2.05) is 7.05 Å². The highest BCUT2D eigenvalue weighted by Crippen LogP contribution is 2.27. The Morgan fingerprint density at radius 1 is 1.25 bits per heavy atom. The van der Waals surface area contributed by atoms with Gasteiger partial charge < -0.3 is 10.1 Å². The second kappa shape index (κ2) is 6.02. The number of hydrogen-bond donors (Lipinski definition) is 1. The standard InChI is InChI=1S/C14H29NO/c1-11-8-6-7-9-12(11)16-10-13(15-5)14(2,3)4/h11-13,15H,6-10H2,1-5H3. The third kappa shape index (κ3) is 4.06. The molecular weight excluding hydrogens is 198 g/mol. The lowest BCUT2D eigenvalue weighted by Gasteiger charge is -2.34. The lowest BCUT2D eigenvalue weighted by Crippen LogP contribution is -2.43. The maximum Gasteiger partial charge on any atom is 0.0628 e. The summed E-state index contributed by atoms with van der Waals surface area (Å²) in [6.45, 7) is 9.97. The molecule has 1 saturated carbocycles. The van der Waals surface area contributed by atoms with Gasteiger partial charge in [0.25, 0.3) is 0 Å². The maximum atomic E-state index is 6.11. The molecule has 1 aliphatic carbocycles. The Hall–Kier alpha value is -0.0800. The molecule has 2 heteroatoms. The minimum atomic E-state index is 0.270. The Labute approximate surface area is 101 Å². The van der Waals surface area contributed by atoms with Crippen molar-refractivity contribution in [2.45, 2.75) is 65.5 Å². The van der Waals surface area contributed by atoms with E-state index in [1.165, 1.54) is 25.7 Å². The molecule has 0 radical (unpaired) electrons. The summed E-state index contributed by atoms with van der Waals surface area (Å²) in [7, 11) is 2.03. The van der Waals surface area contributed by atoms with Gasteiger partial charge in [-0.1, -0.05) is 40.5 Å². The van der Waals surface area contributed by atoms with E-state index >= 15 is 0 Å². The van der Waals surface area contributed by atoms with E-state index < -0.39 is 0 Å². The molecule has 1 fully saturated rings. The van der Waals surface area contributed by atoms with Crippen LogP contribution in [0.5, 0.6) is 0 Å². The van der Waals surface area contributed by atoms with Crippen molar-refractivity contribution in [3.63, 3.8) is 0 Å². The van der Waals surface area contributed by atoms with Crippen molar-refractivity contribution in [2.75, 3.05) is 13.7 Å². The smallest absolute Gasteiger partial charge is 0.0628 e. The molecule has 1 aliphatic rings. The van der Waals surface area contributed by atoms with E-state index in [4.69, 9.17) is 4.74 Å². The predicted molar refractivity (Wildman–Crippen MR) is 69.7 cm³/mol. The van der Waals surface area contributed by atoms with Gasteiger partial charge >= 0.3 is 0 Å². The molecule has 3 atom stereocenters. The first kappa shape index (κ1) is 14.0. The van der Waals surface area contributed by atoms with Crippen LogP contribution in [0.3, 0.4) is 0 Å². The van der Waals surface area contributed by atoms with Crippen molar-refractivity contribution in [1.29, 1.82) is 0 Å². The SMILES string of the molecule is CNC(COC1CCCCC1C)C(C)(C)C. The normalized spacial score (nSPS) is 29.1. The van der Waals surface area contributed by atoms with E-state index in [0.717, 1.165) is 12.5 Å². The predicted octanol–water partition coefficient (Wildman–Crippen LogP) is 3.22. The van der Waals surface area contributed by atoms with E-state index in [2.05, 4.69) is 33.0 Å². The Morgan fingerprint density at radius 2 is 1.88 bits per heavy atom. The molecule has 0 aromatic rings. The molecule has 3 unspecified atom stereocenters. The van der Waals surface area contributed by atoms with Crippen molar-refractivity contribution in [3.05, 3.63) is 0 Å². The molecule has 0 amide bonds. The first-order valence-electron chi connectivity index (χ1n) is 6.74. The summed E-state index contributed by atoms with van der Waals surface area (Å²) in [5.41, 5.74) is 0.270. The Balaban J connectivity index is 2.37. The highest BCUT2D eigenvalue weighted by molar-refractivity contribution is 4.80. The fraction of sp³-hybridized carbons (Fsp3) is 1.00. The van der Waals surface area contributed by atoms with Crippen LogP contribution in [0.4, 0.5) is 0 Å². The second-order valence-electron chi connectivity index (χ2n) is 6.34. The molecule has 96 valence electrons. The van der Waals surface area contributed by atoms with Crippen molar-refractivity contribution in [3.8, 4) is 0 Å². The van der Waals surface area contributed by atoms with Crippen LogP contribution in [0.1, 0.15) is 53.4 Å². The second-order valence-corrected chi connectivity index (χ2v) is 6.34. The average molecular weight is 227 g/mol. The monoisotopic (exact) mass is 227 g/mol. The zero-order valence-corrected chi connectivity index (χ0v) is 11.7. The molecule has 1 N–H and O–H groups in total. The van der Waals surface area contributed by atoms with Gasteiger partial charge in [-0.3, -0.25) is 0 Å². The van der Waals surface area contributed by atoms with E-state index in [9.17, 15) is 0 Å². The lowest BCUT2D eigenvalue weighted by molar-refractivity contribution is -0.0270. The minimum Gasteiger partial charge on any atom is -0.376 e. The van der Waals surface area contributed by atoms with Gasteiger partial charge in [0.1, 0.15) is 0 Å². The molecule has 0 aromatic heterocycles. The number of likely N-dealkylation sites (N-methyl/N-ethyl adjacent to an activating group) is 1. The molecule has 0 spiro atoms. The molecular formula is C14H29NO. The van der Waals surface area contributed by atoms with Crippen LogP contribution in [-0.4, -0.2) is 25.8 Å². The molecule has 0 bridgehead atoms. The van der Waals surface area contributed by atoms with Gasteiger partial charge in [0, 0.05) is 6.04 Å². The minimum absolute atomic E-state index is 0.270. The zero-order valence-electron chi connectivity index (χ0n) is 11.7. The number of rotatable bonds is 4. The fourth-order valence-electron chi connectivity index (χ4n) is 2.52. The molecule has 1 rings (SSSR count). The van der Waals surface area contributed by atoms with Crippen LogP contribution in [-0.2, 0) is 4.74 Å². The Kier molecular flexibility index (Phi) is 5.26. The summed E-state index contributed by atoms with van der Waals surface area (Å²) in [6.07, 6.45) is 5.81. The number of nitrogens with one attached hydrogen (secondary N) is 1. The van der Waals surface area contributed by atoms with Crippen molar-refractivity contribution in [2.24, 2.45) is 11.3 Å². The molecule has 16 heavy (non-hydrogen) atoms. The largest absolute Gasteiger partial charge is 0.376 e. The maximum absolute atomic E-state index is 6.11. The van der Waals surface area contributed by atoms with Crippen LogP contribution in [0, 0.1) is 11.3 Å². The Morgan fingerprint density at radius 3 is 2.38 bits per heavy atom. The third-order valence-corrected chi connectivity index (χ3v) is 3.90. The number of hydrogen-bond acceptors (Lipinski definition) is 2. The third-order valence-electron chi connectivity index (χ3n) is 3.90. The van der Waals surface area contributed by atoms with Crippen LogP contribution >= 0.6 is 0 Å². The van der Waals surface area contributed by atoms with Crippen LogP contribution in [0.2, 0.25) is 0 Å². The molecule has 0 heterocycles. The summed E-state index contributed by atoms with van der Waals surface area (Å²) in [5.74, 6) is 0.742. The van der Waals surface area contributed by atoms with Crippen molar-refractivity contribution < 1.29 is 4.74 Å². The van der Waals surface area contributed by atoms with Crippen LogP contribution in [0.25, 0.3) is 0 Å². The van der Waals surface area contributed by atoms with Crippen molar-refractivity contribution >= 4 is 0 Å². The molecule has 0 aliphatic heterocycles. The quantitative estimate of drug-likeness (QED) is 0.796. The van der Waals surface area contributed by atoms with E-state index in [1.54, 1.807) is 0 Å². The molecule has 0 aromatic carbocycles. The van der Waals surface area contributed by atoms with Gasteiger partial charge in [-0.05, 0) is 31.2 Å². The zero-order chi connectivity index (χ0) is 12.2. The summed E-state index contributed by atoms with van der Waals surface area (Å²) >= 11 is 0. The highest BCUT2D eigenvalue weighted by Gasteiger charge is 2.27. The van der Waals surface area contributed by atoms with Gasteiger partial charge in [0.15, 0.2) is 0 Å². The fourth-order valence-corrected chi connectivity index (χ4v) is 2.52. The van der Waals surface area contributed by atoms with Gasteiger partial charge in [0.2, 0.25) is 0 Å². The summed E-state index contributed by atoms with van der Waals surface area (Å²) in [5, 5.41) is 3.37. The van der Waals surface area contributed by atoms with Gasteiger partial charge in [-0.2, -0.15) is 0 Å². The van der Waals surface area contributed by atoms with Crippen LogP contribution < -0.4 is 5.32 Å². The lowest BCUT2D eigenvalue weighted by atomic mass is 9.86. The molecule has 2 nitrogen and oxygen atoms in total. The average Bonchev–Trinajstić information content (AvgIpc) is 2.19. The molecule has 0 saturated heterocycles. The van der Waals surface area contributed by atoms with Crippen molar-refractivity contribution in [1.82, 2.24) is 5.32 Å². The van der Waals surface area contributed by atoms with Gasteiger partial charge in [-0.15, -0.1) is 0 Å². The van der Waals surface area contributed by atoms with E-state index in [-0.39, 0.29) is 5.41 Å². The number of ether oxygens (including phenoxy) is 1. The first-order chi connectivity index (χ1) is 7.45. The van der Waals surface area contributed by atoms with Crippen LogP contribution in [0.15, 0.2) is 0 Å². The summed E-state index contributed by atoms with van der Waals surface area (Å²) in [4.78, 5) is 0. The first-order valence-corrected chi connectivity index (χ1v) is 6.74.